The van der Waals surface area contributed by atoms with Gasteiger partial charge in [-0.3, -0.25) is 4.79 Å². The van der Waals surface area contributed by atoms with Crippen LogP contribution in [0.3, 0.4) is 0 Å². The molecule has 0 aromatic heterocycles. The second-order valence-corrected chi connectivity index (χ2v) is 6.22. The van der Waals surface area contributed by atoms with E-state index in [1.807, 2.05) is 36.1 Å². The largest absolute Gasteiger partial charge is 0.493 e. The van der Waals surface area contributed by atoms with E-state index in [0.29, 0.717) is 28.6 Å². The highest BCUT2D eigenvalue weighted by atomic mass is 35.5. The molecule has 1 atom stereocenters. The predicted molar refractivity (Wildman–Crippen MR) is 94.2 cm³/mol. The zero-order chi connectivity index (χ0) is 17.3. The first kappa shape index (κ1) is 16.7. The third kappa shape index (κ3) is 2.82. The lowest BCUT2D eigenvalue weighted by atomic mass is 9.92. The van der Waals surface area contributed by atoms with Crippen LogP contribution in [-0.4, -0.2) is 31.6 Å². The smallest absolute Gasteiger partial charge is 0.255 e. The van der Waals surface area contributed by atoms with E-state index in [0.717, 1.165) is 12.0 Å². The highest BCUT2D eigenvalue weighted by Crippen LogP contribution is 2.38. The lowest BCUT2D eigenvalue weighted by Gasteiger charge is -2.36. The number of nitrogens with zero attached hydrogens (tertiary/aromatic N) is 1. The first-order valence-electron chi connectivity index (χ1n) is 7.87. The Balaban J connectivity index is 1.96. The molecule has 0 bridgehead atoms. The second kappa shape index (κ2) is 6.73. The second-order valence-electron chi connectivity index (χ2n) is 5.81. The van der Waals surface area contributed by atoms with Gasteiger partial charge in [0.1, 0.15) is 0 Å². The molecule has 24 heavy (non-hydrogen) atoms. The van der Waals surface area contributed by atoms with E-state index in [1.165, 1.54) is 5.56 Å². The Morgan fingerprint density at radius 3 is 2.50 bits per heavy atom. The quantitative estimate of drug-likeness (QED) is 0.840. The summed E-state index contributed by atoms with van der Waals surface area (Å²) in [6.07, 6.45) is 0.774. The molecule has 0 spiro atoms. The van der Waals surface area contributed by atoms with Gasteiger partial charge in [0, 0.05) is 6.54 Å². The first-order chi connectivity index (χ1) is 11.6. The Kier molecular flexibility index (Phi) is 4.67. The number of carbonyl (C=O) groups is 1. The van der Waals surface area contributed by atoms with Crippen LogP contribution in [0.1, 0.15) is 34.5 Å². The van der Waals surface area contributed by atoms with Gasteiger partial charge in [-0.2, -0.15) is 0 Å². The normalized spacial score (nSPS) is 16.5. The van der Waals surface area contributed by atoms with Crippen LogP contribution in [-0.2, 0) is 6.42 Å². The molecule has 3 rings (SSSR count). The van der Waals surface area contributed by atoms with Gasteiger partial charge >= 0.3 is 0 Å². The number of halogens is 1. The summed E-state index contributed by atoms with van der Waals surface area (Å²) in [5.41, 5.74) is 2.80. The van der Waals surface area contributed by atoms with Crippen LogP contribution in [0.4, 0.5) is 0 Å². The van der Waals surface area contributed by atoms with Crippen molar-refractivity contribution < 1.29 is 14.3 Å². The van der Waals surface area contributed by atoms with Crippen molar-refractivity contribution in [3.05, 3.63) is 58.1 Å². The Labute approximate surface area is 146 Å². The Morgan fingerprint density at radius 1 is 1.17 bits per heavy atom. The van der Waals surface area contributed by atoms with E-state index in [4.69, 9.17) is 21.1 Å². The molecule has 1 unspecified atom stereocenters. The Bertz CT molecular complexity index is 775. The molecule has 0 radical (unpaired) electrons. The van der Waals surface area contributed by atoms with Gasteiger partial charge in [-0.1, -0.05) is 23.7 Å². The molecule has 0 saturated heterocycles. The maximum absolute atomic E-state index is 12.9. The van der Waals surface area contributed by atoms with E-state index in [-0.39, 0.29) is 11.9 Å². The minimum atomic E-state index is -0.0580. The van der Waals surface area contributed by atoms with Crippen molar-refractivity contribution in [3.8, 4) is 11.5 Å². The highest BCUT2D eigenvalue weighted by Gasteiger charge is 2.30. The SMILES string of the molecule is COc1cc2c(cc1OC)C(C)N(C(=O)c1ccccc1Cl)CC2. The molecule has 2 aromatic rings. The molecule has 1 aliphatic rings. The lowest BCUT2D eigenvalue weighted by molar-refractivity contribution is 0.0677. The zero-order valence-electron chi connectivity index (χ0n) is 14.0. The molecule has 1 aliphatic heterocycles. The monoisotopic (exact) mass is 345 g/mol. The van der Waals surface area contributed by atoms with Crippen molar-refractivity contribution in [2.24, 2.45) is 0 Å². The van der Waals surface area contributed by atoms with Crippen molar-refractivity contribution >= 4 is 17.5 Å². The summed E-state index contributed by atoms with van der Waals surface area (Å²) < 4.78 is 10.8. The molecule has 1 amide bonds. The highest BCUT2D eigenvalue weighted by molar-refractivity contribution is 6.33. The van der Waals surface area contributed by atoms with E-state index >= 15 is 0 Å². The van der Waals surface area contributed by atoms with Gasteiger partial charge in [0.25, 0.3) is 5.91 Å². The summed E-state index contributed by atoms with van der Waals surface area (Å²) in [5.74, 6) is 1.35. The van der Waals surface area contributed by atoms with Crippen molar-refractivity contribution in [1.82, 2.24) is 4.90 Å². The number of benzene rings is 2. The van der Waals surface area contributed by atoms with E-state index in [2.05, 4.69) is 0 Å². The van der Waals surface area contributed by atoms with Crippen LogP contribution in [0.2, 0.25) is 5.02 Å². The number of ether oxygens (including phenoxy) is 2. The first-order valence-corrected chi connectivity index (χ1v) is 8.25. The number of carbonyl (C=O) groups excluding carboxylic acids is 1. The minimum Gasteiger partial charge on any atom is -0.493 e. The van der Waals surface area contributed by atoms with Crippen molar-refractivity contribution in [2.45, 2.75) is 19.4 Å². The summed E-state index contributed by atoms with van der Waals surface area (Å²) in [4.78, 5) is 14.8. The molecular formula is C19H20ClNO3. The summed E-state index contributed by atoms with van der Waals surface area (Å²) in [7, 11) is 3.24. The van der Waals surface area contributed by atoms with Crippen LogP contribution in [0, 0.1) is 0 Å². The fraction of sp³-hybridized carbons (Fsp3) is 0.316. The van der Waals surface area contributed by atoms with Gasteiger partial charge in [0.05, 0.1) is 30.8 Å². The molecule has 0 fully saturated rings. The van der Waals surface area contributed by atoms with Crippen LogP contribution in [0.25, 0.3) is 0 Å². The van der Waals surface area contributed by atoms with Crippen LogP contribution in [0.15, 0.2) is 36.4 Å². The minimum absolute atomic E-state index is 0.0477. The summed E-state index contributed by atoms with van der Waals surface area (Å²) in [6.45, 7) is 2.67. The fourth-order valence-electron chi connectivity index (χ4n) is 3.21. The number of fused-ring (bicyclic) bond motifs is 1. The average Bonchev–Trinajstić information content (AvgIpc) is 2.61. The van der Waals surface area contributed by atoms with E-state index < -0.39 is 0 Å². The molecular weight excluding hydrogens is 326 g/mol. The van der Waals surface area contributed by atoms with Gasteiger partial charge in [-0.25, -0.2) is 0 Å². The molecule has 0 N–H and O–H groups in total. The molecule has 0 aliphatic carbocycles. The average molecular weight is 346 g/mol. The summed E-state index contributed by atoms with van der Waals surface area (Å²) in [5, 5.41) is 0.479. The van der Waals surface area contributed by atoms with Gasteiger partial charge < -0.3 is 14.4 Å². The molecule has 4 nitrogen and oxygen atoms in total. The van der Waals surface area contributed by atoms with E-state index in [1.54, 1.807) is 26.4 Å². The fourth-order valence-corrected chi connectivity index (χ4v) is 3.43. The third-order valence-electron chi connectivity index (χ3n) is 4.55. The van der Waals surface area contributed by atoms with Crippen LogP contribution >= 0.6 is 11.6 Å². The molecule has 2 aromatic carbocycles. The molecule has 0 saturated carbocycles. The maximum Gasteiger partial charge on any atom is 0.255 e. The molecule has 126 valence electrons. The van der Waals surface area contributed by atoms with Crippen LogP contribution < -0.4 is 9.47 Å². The number of hydrogen-bond acceptors (Lipinski definition) is 3. The third-order valence-corrected chi connectivity index (χ3v) is 4.88. The summed E-state index contributed by atoms with van der Waals surface area (Å²) >= 11 is 6.19. The van der Waals surface area contributed by atoms with Gasteiger partial charge in [-0.05, 0) is 48.7 Å². The number of rotatable bonds is 3. The van der Waals surface area contributed by atoms with Crippen molar-refractivity contribution in [1.29, 1.82) is 0 Å². The number of hydrogen-bond donors (Lipinski definition) is 0. The van der Waals surface area contributed by atoms with Crippen molar-refractivity contribution in [3.63, 3.8) is 0 Å². The van der Waals surface area contributed by atoms with E-state index in [9.17, 15) is 4.79 Å². The summed E-state index contributed by atoms with van der Waals surface area (Å²) in [6, 6.07) is 11.1. The Morgan fingerprint density at radius 2 is 1.83 bits per heavy atom. The predicted octanol–water partition coefficient (Wildman–Crippen LogP) is 4.12. The lowest BCUT2D eigenvalue weighted by Crippen LogP contribution is -2.39. The number of methoxy groups -OCH3 is 2. The van der Waals surface area contributed by atoms with Gasteiger partial charge in [-0.15, -0.1) is 0 Å². The zero-order valence-corrected chi connectivity index (χ0v) is 14.8. The topological polar surface area (TPSA) is 38.8 Å². The number of amides is 1. The van der Waals surface area contributed by atoms with Crippen LogP contribution in [0.5, 0.6) is 11.5 Å². The van der Waals surface area contributed by atoms with Gasteiger partial charge in [0.2, 0.25) is 0 Å². The standard InChI is InChI=1S/C19H20ClNO3/c1-12-15-11-18(24-3)17(23-2)10-13(15)8-9-21(12)19(22)14-6-4-5-7-16(14)20/h4-7,10-12H,8-9H2,1-3H3. The molecule has 5 heteroatoms. The molecule has 1 heterocycles. The van der Waals surface area contributed by atoms with Gasteiger partial charge in [0.15, 0.2) is 11.5 Å². The maximum atomic E-state index is 12.9. The Hall–Kier alpha value is -2.20. The van der Waals surface area contributed by atoms with Crippen molar-refractivity contribution in [2.75, 3.05) is 20.8 Å².